The van der Waals surface area contributed by atoms with Crippen LogP contribution in [0.1, 0.15) is 10.4 Å². The van der Waals surface area contributed by atoms with Gasteiger partial charge in [-0.1, -0.05) is 0 Å². The maximum absolute atomic E-state index is 11.1. The minimum Gasteiger partial charge on any atom is -0.397 e. The lowest BCUT2D eigenvalue weighted by molar-refractivity contribution is 0.0998. The number of carbonyl (C=O) groups is 1. The SMILES string of the molecule is NC(=O)c1c(I)cc(I)c(N)c1I. The van der Waals surface area contributed by atoms with Gasteiger partial charge in [-0.15, -0.1) is 0 Å². The summed E-state index contributed by atoms with van der Waals surface area (Å²) in [5.74, 6) is -0.433. The molecule has 13 heavy (non-hydrogen) atoms. The molecule has 0 spiro atoms. The lowest BCUT2D eigenvalue weighted by Crippen LogP contribution is -2.16. The first-order valence-electron chi connectivity index (χ1n) is 3.18. The molecule has 1 aromatic carbocycles. The second kappa shape index (κ2) is 4.47. The Morgan fingerprint density at radius 1 is 1.23 bits per heavy atom. The second-order valence-electron chi connectivity index (χ2n) is 2.31. The number of primary amides is 1. The Labute approximate surface area is 116 Å². The topological polar surface area (TPSA) is 69.1 Å². The molecule has 0 heterocycles. The van der Waals surface area contributed by atoms with Gasteiger partial charge in [0.1, 0.15) is 0 Å². The van der Waals surface area contributed by atoms with E-state index in [-0.39, 0.29) is 0 Å². The molecule has 0 aromatic heterocycles. The number of halogens is 3. The van der Waals surface area contributed by atoms with E-state index in [1.54, 1.807) is 0 Å². The number of nitrogen functional groups attached to an aromatic ring is 1. The van der Waals surface area contributed by atoms with Gasteiger partial charge in [0.2, 0.25) is 0 Å². The summed E-state index contributed by atoms with van der Waals surface area (Å²) in [6, 6.07) is 1.85. The van der Waals surface area contributed by atoms with Crippen LogP contribution < -0.4 is 11.5 Å². The summed E-state index contributed by atoms with van der Waals surface area (Å²) in [6.07, 6.45) is 0. The third-order valence-corrected chi connectivity index (χ3v) is 4.32. The van der Waals surface area contributed by atoms with Gasteiger partial charge in [-0.3, -0.25) is 4.79 Å². The fourth-order valence-electron chi connectivity index (χ4n) is 0.831. The molecule has 0 aliphatic heterocycles. The third kappa shape index (κ3) is 2.37. The van der Waals surface area contributed by atoms with Crippen LogP contribution in [0.25, 0.3) is 0 Å². The molecule has 6 heteroatoms. The summed E-state index contributed by atoms with van der Waals surface area (Å²) in [6.45, 7) is 0. The molecule has 0 unspecified atom stereocenters. The molecule has 1 aromatic rings. The van der Waals surface area contributed by atoms with Gasteiger partial charge in [0.15, 0.2) is 0 Å². The number of carbonyl (C=O) groups excluding carboxylic acids is 1. The second-order valence-corrected chi connectivity index (χ2v) is 5.71. The molecule has 0 saturated carbocycles. The van der Waals surface area contributed by atoms with Gasteiger partial charge in [-0.05, 0) is 73.8 Å². The van der Waals surface area contributed by atoms with Crippen LogP contribution in [-0.2, 0) is 0 Å². The number of rotatable bonds is 1. The standard InChI is InChI=1S/C7H5I3N2O/c8-2-1-3(9)6(11)5(10)4(2)7(12)13/h1H,11H2,(H2,12,13). The van der Waals surface area contributed by atoms with E-state index < -0.39 is 5.91 Å². The van der Waals surface area contributed by atoms with Crippen LogP contribution in [-0.4, -0.2) is 5.91 Å². The molecule has 0 bridgehead atoms. The van der Waals surface area contributed by atoms with Gasteiger partial charge in [0, 0.05) is 7.14 Å². The highest BCUT2D eigenvalue weighted by Gasteiger charge is 2.15. The molecule has 70 valence electrons. The van der Waals surface area contributed by atoms with Crippen LogP contribution in [0.4, 0.5) is 5.69 Å². The molecule has 0 saturated heterocycles. The Morgan fingerprint density at radius 2 is 1.77 bits per heavy atom. The first-order valence-corrected chi connectivity index (χ1v) is 6.41. The summed E-state index contributed by atoms with van der Waals surface area (Å²) in [5.41, 5.74) is 12.1. The molecule has 0 radical (unpaired) electrons. The molecular weight excluding hydrogens is 509 g/mol. The number of amides is 1. The number of anilines is 1. The summed E-state index contributed by atoms with van der Waals surface area (Å²) >= 11 is 6.24. The highest BCUT2D eigenvalue weighted by molar-refractivity contribution is 14.1. The van der Waals surface area contributed by atoms with Crippen molar-refractivity contribution in [2.45, 2.75) is 0 Å². The minimum atomic E-state index is -0.433. The molecule has 1 amide bonds. The van der Waals surface area contributed by atoms with Crippen LogP contribution in [0.15, 0.2) is 6.07 Å². The predicted molar refractivity (Wildman–Crippen MR) is 77.5 cm³/mol. The van der Waals surface area contributed by atoms with Crippen molar-refractivity contribution in [1.82, 2.24) is 0 Å². The summed E-state index contributed by atoms with van der Waals surface area (Å²) < 4.78 is 2.52. The Kier molecular flexibility index (Phi) is 4.04. The zero-order valence-corrected chi connectivity index (χ0v) is 12.7. The smallest absolute Gasteiger partial charge is 0.250 e. The van der Waals surface area contributed by atoms with Gasteiger partial charge in [-0.25, -0.2) is 0 Å². The number of benzene rings is 1. The summed E-state index contributed by atoms with van der Waals surface area (Å²) in [4.78, 5) is 11.1. The Hall–Kier alpha value is 0.680. The first kappa shape index (κ1) is 11.8. The fourth-order valence-corrected chi connectivity index (χ4v) is 4.73. The molecule has 4 N–H and O–H groups in total. The number of hydrogen-bond donors (Lipinski definition) is 2. The van der Waals surface area contributed by atoms with Crippen LogP contribution in [0.5, 0.6) is 0 Å². The normalized spacial score (nSPS) is 10.1. The quantitative estimate of drug-likeness (QED) is 0.446. The lowest BCUT2D eigenvalue weighted by Gasteiger charge is -2.08. The van der Waals surface area contributed by atoms with Crippen molar-refractivity contribution in [3.8, 4) is 0 Å². The van der Waals surface area contributed by atoms with Gasteiger partial charge >= 0.3 is 0 Å². The monoisotopic (exact) mass is 514 g/mol. The summed E-state index contributed by atoms with van der Waals surface area (Å²) in [7, 11) is 0. The van der Waals surface area contributed by atoms with E-state index in [0.717, 1.165) is 10.7 Å². The zero-order valence-electron chi connectivity index (χ0n) is 6.27. The fraction of sp³-hybridized carbons (Fsp3) is 0. The van der Waals surface area contributed by atoms with Crippen molar-refractivity contribution in [3.05, 3.63) is 22.3 Å². The molecule has 0 aliphatic rings. The molecule has 0 aliphatic carbocycles. The van der Waals surface area contributed by atoms with E-state index in [0.29, 0.717) is 11.3 Å². The van der Waals surface area contributed by atoms with Crippen LogP contribution in [0.3, 0.4) is 0 Å². The molecule has 0 fully saturated rings. The van der Waals surface area contributed by atoms with E-state index in [4.69, 9.17) is 11.5 Å². The van der Waals surface area contributed by atoms with E-state index in [9.17, 15) is 4.79 Å². The van der Waals surface area contributed by atoms with Crippen molar-refractivity contribution in [2.75, 3.05) is 5.73 Å². The molecule has 3 nitrogen and oxygen atoms in total. The highest BCUT2D eigenvalue weighted by Crippen LogP contribution is 2.28. The first-order chi connectivity index (χ1) is 5.95. The molecule has 1 rings (SSSR count). The predicted octanol–water partition coefficient (Wildman–Crippen LogP) is 2.18. The largest absolute Gasteiger partial charge is 0.397 e. The average Bonchev–Trinajstić information content (AvgIpc) is 1.99. The zero-order chi connectivity index (χ0) is 10.2. The maximum Gasteiger partial charge on any atom is 0.250 e. The van der Waals surface area contributed by atoms with Crippen molar-refractivity contribution in [3.63, 3.8) is 0 Å². The average molecular weight is 514 g/mol. The van der Waals surface area contributed by atoms with Gasteiger partial charge in [0.25, 0.3) is 5.91 Å². The van der Waals surface area contributed by atoms with Gasteiger partial charge in [0.05, 0.1) is 14.8 Å². The van der Waals surface area contributed by atoms with E-state index >= 15 is 0 Å². The van der Waals surface area contributed by atoms with Crippen molar-refractivity contribution in [2.24, 2.45) is 5.73 Å². The lowest BCUT2D eigenvalue weighted by atomic mass is 10.2. The Morgan fingerprint density at radius 3 is 2.23 bits per heavy atom. The van der Waals surface area contributed by atoms with Gasteiger partial charge < -0.3 is 11.5 Å². The molecule has 0 atom stereocenters. The Balaban J connectivity index is 3.53. The highest BCUT2D eigenvalue weighted by atomic mass is 127. The van der Waals surface area contributed by atoms with E-state index in [2.05, 4.69) is 45.2 Å². The summed E-state index contributed by atoms with van der Waals surface area (Å²) in [5, 5.41) is 0. The van der Waals surface area contributed by atoms with Crippen LogP contribution in [0, 0.1) is 10.7 Å². The van der Waals surface area contributed by atoms with E-state index in [1.165, 1.54) is 0 Å². The third-order valence-electron chi connectivity index (χ3n) is 1.45. The van der Waals surface area contributed by atoms with Crippen molar-refractivity contribution >= 4 is 79.4 Å². The number of nitrogens with two attached hydrogens (primary N) is 2. The number of hydrogen-bond acceptors (Lipinski definition) is 2. The van der Waals surface area contributed by atoms with Crippen LogP contribution in [0.2, 0.25) is 0 Å². The Bertz CT molecular complexity index is 378. The van der Waals surface area contributed by atoms with Crippen molar-refractivity contribution < 1.29 is 4.79 Å². The molecular formula is C7H5I3N2O. The van der Waals surface area contributed by atoms with Crippen LogP contribution >= 0.6 is 67.8 Å². The van der Waals surface area contributed by atoms with Crippen molar-refractivity contribution in [1.29, 1.82) is 0 Å². The van der Waals surface area contributed by atoms with E-state index in [1.807, 2.05) is 28.7 Å². The minimum absolute atomic E-state index is 0.433. The van der Waals surface area contributed by atoms with Gasteiger partial charge in [-0.2, -0.15) is 0 Å². The maximum atomic E-state index is 11.1.